The molecule has 0 radical (unpaired) electrons. The zero-order valence-corrected chi connectivity index (χ0v) is 12.7. The number of rotatable bonds is 3. The Morgan fingerprint density at radius 1 is 1.25 bits per heavy atom. The first-order valence-electron chi connectivity index (χ1n) is 6.23. The predicted octanol–water partition coefficient (Wildman–Crippen LogP) is 1.61. The average Bonchev–Trinajstić information content (AvgIpc) is 2.66. The number of benzene rings is 1. The number of nitrogens with zero attached hydrogens (tertiary/aromatic N) is 1. The van der Waals surface area contributed by atoms with Gasteiger partial charge in [0.05, 0.1) is 14.2 Å². The monoisotopic (exact) mass is 298 g/mol. The molecular weight excluding hydrogens is 280 g/mol. The van der Waals surface area contributed by atoms with Gasteiger partial charge in [-0.25, -0.2) is 0 Å². The van der Waals surface area contributed by atoms with Gasteiger partial charge in [0.15, 0.2) is 11.5 Å². The zero-order valence-electron chi connectivity index (χ0n) is 11.9. The Labute approximate surface area is 124 Å². The maximum absolute atomic E-state index is 11.9. The molecule has 1 aliphatic heterocycles. The Kier molecular flexibility index (Phi) is 5.82. The minimum atomic E-state index is -0.171. The van der Waals surface area contributed by atoms with Crippen molar-refractivity contribution in [1.82, 2.24) is 5.32 Å². The van der Waals surface area contributed by atoms with E-state index in [1.165, 1.54) is 0 Å². The molecule has 0 aliphatic carbocycles. The van der Waals surface area contributed by atoms with E-state index < -0.39 is 0 Å². The second kappa shape index (κ2) is 7.14. The first-order chi connectivity index (χ1) is 9.21. The molecular formula is C14H19ClN2O3. The zero-order chi connectivity index (χ0) is 13.8. The summed E-state index contributed by atoms with van der Waals surface area (Å²) in [4.78, 5) is 16.3. The molecule has 1 aliphatic rings. The SMILES string of the molecule is CNC(=O)C1=NCCCc2cc(OC)c(OC)cc21.Cl. The van der Waals surface area contributed by atoms with Crippen LogP contribution in [0.1, 0.15) is 17.5 Å². The van der Waals surface area contributed by atoms with Crippen LogP contribution in [0.3, 0.4) is 0 Å². The topological polar surface area (TPSA) is 59.9 Å². The minimum absolute atomic E-state index is 0. The van der Waals surface area contributed by atoms with Crippen molar-refractivity contribution in [1.29, 1.82) is 0 Å². The van der Waals surface area contributed by atoms with Crippen molar-refractivity contribution < 1.29 is 14.3 Å². The first kappa shape index (κ1) is 16.3. The molecule has 2 rings (SSSR count). The van der Waals surface area contributed by atoms with E-state index in [0.717, 1.165) is 24.0 Å². The number of carbonyl (C=O) groups excluding carboxylic acids is 1. The molecule has 0 saturated carbocycles. The minimum Gasteiger partial charge on any atom is -0.493 e. The van der Waals surface area contributed by atoms with Gasteiger partial charge in [-0.3, -0.25) is 9.79 Å². The Morgan fingerprint density at radius 3 is 2.50 bits per heavy atom. The third kappa shape index (κ3) is 3.04. The van der Waals surface area contributed by atoms with Crippen LogP contribution in [0.2, 0.25) is 0 Å². The number of halogens is 1. The summed E-state index contributed by atoms with van der Waals surface area (Å²) in [6.45, 7) is 0.655. The van der Waals surface area contributed by atoms with Crippen LogP contribution in [0.5, 0.6) is 11.5 Å². The largest absolute Gasteiger partial charge is 0.493 e. The highest BCUT2D eigenvalue weighted by Crippen LogP contribution is 2.32. The number of nitrogens with one attached hydrogen (secondary N) is 1. The number of carbonyl (C=O) groups is 1. The quantitative estimate of drug-likeness (QED) is 0.922. The Balaban J connectivity index is 0.00000200. The molecule has 1 aromatic rings. The lowest BCUT2D eigenvalue weighted by molar-refractivity contribution is -0.114. The van der Waals surface area contributed by atoms with E-state index in [9.17, 15) is 4.79 Å². The number of amides is 1. The van der Waals surface area contributed by atoms with E-state index in [1.807, 2.05) is 12.1 Å². The summed E-state index contributed by atoms with van der Waals surface area (Å²) in [5.74, 6) is 1.12. The second-order valence-electron chi connectivity index (χ2n) is 4.28. The lowest BCUT2D eigenvalue weighted by Gasteiger charge is -2.14. The Morgan fingerprint density at radius 2 is 1.90 bits per heavy atom. The standard InChI is InChI=1S/C14H18N2O3.ClH/c1-15-14(17)13-10-8-12(19-3)11(18-2)7-9(10)5-4-6-16-13;/h7-8H,4-6H2,1-3H3,(H,15,17);1H. The molecule has 1 heterocycles. The van der Waals surface area contributed by atoms with E-state index in [4.69, 9.17) is 9.47 Å². The van der Waals surface area contributed by atoms with Crippen molar-refractivity contribution in [2.45, 2.75) is 12.8 Å². The van der Waals surface area contributed by atoms with E-state index in [2.05, 4.69) is 10.3 Å². The molecule has 5 nitrogen and oxygen atoms in total. The molecule has 0 saturated heterocycles. The van der Waals surface area contributed by atoms with Gasteiger partial charge in [-0.15, -0.1) is 12.4 Å². The van der Waals surface area contributed by atoms with Crippen molar-refractivity contribution >= 4 is 24.0 Å². The summed E-state index contributed by atoms with van der Waals surface area (Å²) in [6, 6.07) is 3.76. The number of hydrogen-bond acceptors (Lipinski definition) is 4. The van der Waals surface area contributed by atoms with Gasteiger partial charge in [-0.2, -0.15) is 0 Å². The average molecular weight is 299 g/mol. The maximum atomic E-state index is 11.9. The highest BCUT2D eigenvalue weighted by molar-refractivity contribution is 6.45. The van der Waals surface area contributed by atoms with Crippen molar-refractivity contribution in [2.75, 3.05) is 27.8 Å². The molecule has 0 atom stereocenters. The molecule has 20 heavy (non-hydrogen) atoms. The second-order valence-corrected chi connectivity index (χ2v) is 4.28. The molecule has 1 aromatic carbocycles. The third-order valence-corrected chi connectivity index (χ3v) is 3.18. The summed E-state index contributed by atoms with van der Waals surface area (Å²) in [5, 5.41) is 2.63. The van der Waals surface area contributed by atoms with Gasteiger partial charge in [0.1, 0.15) is 5.71 Å². The molecule has 0 unspecified atom stereocenters. The van der Waals surface area contributed by atoms with Gasteiger partial charge in [-0.05, 0) is 30.5 Å². The van der Waals surface area contributed by atoms with Crippen LogP contribution >= 0.6 is 12.4 Å². The van der Waals surface area contributed by atoms with Crippen molar-refractivity contribution in [3.63, 3.8) is 0 Å². The van der Waals surface area contributed by atoms with E-state index >= 15 is 0 Å². The fraction of sp³-hybridized carbons (Fsp3) is 0.429. The van der Waals surface area contributed by atoms with Crippen LogP contribution in [0.25, 0.3) is 0 Å². The molecule has 110 valence electrons. The van der Waals surface area contributed by atoms with Gasteiger partial charge in [0.25, 0.3) is 5.91 Å². The Hall–Kier alpha value is -1.75. The highest BCUT2D eigenvalue weighted by Gasteiger charge is 2.21. The molecule has 0 aromatic heterocycles. The fourth-order valence-corrected chi connectivity index (χ4v) is 2.21. The summed E-state index contributed by atoms with van der Waals surface area (Å²) in [7, 11) is 4.79. The first-order valence-corrected chi connectivity index (χ1v) is 6.23. The van der Waals surface area contributed by atoms with Crippen molar-refractivity contribution in [3.8, 4) is 11.5 Å². The highest BCUT2D eigenvalue weighted by atomic mass is 35.5. The van der Waals surface area contributed by atoms with Crippen LogP contribution in [-0.4, -0.2) is 39.4 Å². The van der Waals surface area contributed by atoms with Crippen molar-refractivity contribution in [2.24, 2.45) is 4.99 Å². The van der Waals surface area contributed by atoms with Gasteiger partial charge in [-0.1, -0.05) is 0 Å². The molecule has 1 N–H and O–H groups in total. The van der Waals surface area contributed by atoms with Gasteiger partial charge >= 0.3 is 0 Å². The third-order valence-electron chi connectivity index (χ3n) is 3.18. The lowest BCUT2D eigenvalue weighted by Crippen LogP contribution is -2.29. The number of aliphatic imine (C=N–C) groups is 1. The number of hydrogen-bond donors (Lipinski definition) is 1. The van der Waals surface area contributed by atoms with E-state index in [-0.39, 0.29) is 18.3 Å². The smallest absolute Gasteiger partial charge is 0.269 e. The summed E-state index contributed by atoms with van der Waals surface area (Å²) in [6.07, 6.45) is 1.79. The maximum Gasteiger partial charge on any atom is 0.269 e. The summed E-state index contributed by atoms with van der Waals surface area (Å²) < 4.78 is 10.6. The summed E-state index contributed by atoms with van der Waals surface area (Å²) in [5.41, 5.74) is 2.36. The van der Waals surface area contributed by atoms with Gasteiger partial charge < -0.3 is 14.8 Å². The molecule has 0 fully saturated rings. The van der Waals surface area contributed by atoms with Crippen LogP contribution in [0.15, 0.2) is 17.1 Å². The number of fused-ring (bicyclic) bond motifs is 1. The van der Waals surface area contributed by atoms with E-state index in [0.29, 0.717) is 23.8 Å². The molecule has 0 bridgehead atoms. The fourth-order valence-electron chi connectivity index (χ4n) is 2.21. The predicted molar refractivity (Wildman–Crippen MR) is 80.6 cm³/mol. The van der Waals surface area contributed by atoms with Gasteiger partial charge in [0.2, 0.25) is 0 Å². The number of methoxy groups -OCH3 is 2. The van der Waals surface area contributed by atoms with Crippen molar-refractivity contribution in [3.05, 3.63) is 23.3 Å². The normalized spacial score (nSPS) is 13.2. The number of aryl methyl sites for hydroxylation is 1. The van der Waals surface area contributed by atoms with Crippen LogP contribution in [0, 0.1) is 0 Å². The number of likely N-dealkylation sites (N-methyl/N-ethyl adjacent to an activating group) is 1. The van der Waals surface area contributed by atoms with Crippen LogP contribution in [-0.2, 0) is 11.2 Å². The number of ether oxygens (including phenoxy) is 2. The van der Waals surface area contributed by atoms with E-state index in [1.54, 1.807) is 21.3 Å². The molecule has 1 amide bonds. The van der Waals surface area contributed by atoms with Crippen LogP contribution < -0.4 is 14.8 Å². The lowest BCUT2D eigenvalue weighted by atomic mass is 9.99. The Bertz CT molecular complexity index is 529. The molecule has 6 heteroatoms. The summed E-state index contributed by atoms with van der Waals surface area (Å²) >= 11 is 0. The molecule has 0 spiro atoms. The van der Waals surface area contributed by atoms with Crippen LogP contribution in [0.4, 0.5) is 0 Å². The van der Waals surface area contributed by atoms with Gasteiger partial charge in [0, 0.05) is 19.2 Å².